The van der Waals surface area contributed by atoms with Crippen molar-refractivity contribution in [1.82, 2.24) is 9.58 Å². The highest BCUT2D eigenvalue weighted by molar-refractivity contribution is 8.26. The van der Waals surface area contributed by atoms with Crippen LogP contribution in [0.4, 0.5) is 0 Å². The summed E-state index contributed by atoms with van der Waals surface area (Å²) in [6.07, 6.45) is 10.5. The Morgan fingerprint density at radius 3 is 2.71 bits per heavy atom. The smallest absolute Gasteiger partial charge is 0.283 e. The van der Waals surface area contributed by atoms with Gasteiger partial charge in [-0.2, -0.15) is 15.1 Å². The second kappa shape index (κ2) is 9.37. The van der Waals surface area contributed by atoms with E-state index in [9.17, 15) is 4.79 Å². The molecule has 2 aliphatic heterocycles. The highest BCUT2D eigenvalue weighted by atomic mass is 32.2. The van der Waals surface area contributed by atoms with E-state index in [2.05, 4.69) is 52.8 Å². The summed E-state index contributed by atoms with van der Waals surface area (Å²) in [6, 6.07) is 10.4. The standard InChI is InChI=1S/C27H31N5OS/c1-17-8-7-11-22(14-17)31-18(2)15-21(19(31)3)16-23-25(28)32-27(29-26(23)33)34-24(30-32)13-12-20-9-5-4-6-10-20/h7-8,11,14-16,20,28H,4-6,9-10,12-13H2,1-3H3/b23-16+,28-25?. The molecule has 1 saturated carbocycles. The summed E-state index contributed by atoms with van der Waals surface area (Å²) in [5, 5.41) is 16.4. The third kappa shape index (κ3) is 4.41. The highest BCUT2D eigenvalue weighted by Gasteiger charge is 2.35. The van der Waals surface area contributed by atoms with Crippen LogP contribution in [0.15, 0.2) is 46.0 Å². The monoisotopic (exact) mass is 473 g/mol. The molecule has 1 N–H and O–H groups in total. The van der Waals surface area contributed by atoms with Gasteiger partial charge in [-0.3, -0.25) is 10.2 Å². The van der Waals surface area contributed by atoms with E-state index in [1.807, 2.05) is 13.0 Å². The summed E-state index contributed by atoms with van der Waals surface area (Å²) in [4.78, 5) is 17.2. The minimum Gasteiger partial charge on any atom is -0.318 e. The van der Waals surface area contributed by atoms with Crippen molar-refractivity contribution < 1.29 is 4.79 Å². The Bertz CT molecular complexity index is 1250. The molecular weight excluding hydrogens is 442 g/mol. The molecule has 3 aliphatic rings. The number of aromatic nitrogens is 1. The SMILES string of the molecule is Cc1cccc(-n2c(C)cc(/C=C3\C(=N)N4N=C(CCC5CCCCC5)SC4=NC3=O)c2C)c1. The van der Waals surface area contributed by atoms with Crippen LogP contribution in [0.25, 0.3) is 11.8 Å². The molecule has 3 heterocycles. The first-order valence-electron chi connectivity index (χ1n) is 12.2. The van der Waals surface area contributed by atoms with E-state index in [4.69, 9.17) is 5.41 Å². The predicted octanol–water partition coefficient (Wildman–Crippen LogP) is 6.38. The maximum Gasteiger partial charge on any atom is 0.283 e. The zero-order valence-corrected chi connectivity index (χ0v) is 20.9. The third-order valence-electron chi connectivity index (χ3n) is 7.02. The maximum absolute atomic E-state index is 12.9. The Morgan fingerprint density at radius 1 is 1.15 bits per heavy atom. The number of carbonyl (C=O) groups excluding carboxylic acids is 1. The normalized spacial score (nSPS) is 20.1. The first-order chi connectivity index (χ1) is 16.4. The Labute approximate surface area is 205 Å². The van der Waals surface area contributed by atoms with E-state index in [-0.39, 0.29) is 17.3 Å². The van der Waals surface area contributed by atoms with Crippen LogP contribution >= 0.6 is 11.8 Å². The molecule has 5 rings (SSSR count). The van der Waals surface area contributed by atoms with Gasteiger partial charge in [0.05, 0.1) is 5.57 Å². The van der Waals surface area contributed by atoms with Gasteiger partial charge in [0, 0.05) is 17.1 Å². The molecule has 34 heavy (non-hydrogen) atoms. The lowest BCUT2D eigenvalue weighted by molar-refractivity contribution is -0.114. The fourth-order valence-corrected chi connectivity index (χ4v) is 6.09. The van der Waals surface area contributed by atoms with Crippen LogP contribution in [-0.2, 0) is 4.79 Å². The number of carbonyl (C=O) groups is 1. The summed E-state index contributed by atoms with van der Waals surface area (Å²) in [5.74, 6) is 0.514. The highest BCUT2D eigenvalue weighted by Crippen LogP contribution is 2.33. The van der Waals surface area contributed by atoms with Gasteiger partial charge in [0.2, 0.25) is 5.17 Å². The van der Waals surface area contributed by atoms with E-state index in [0.29, 0.717) is 5.17 Å². The summed E-state index contributed by atoms with van der Waals surface area (Å²) in [5.41, 5.74) is 5.59. The number of amidine groups is 2. The summed E-state index contributed by atoms with van der Waals surface area (Å²) < 4.78 is 2.18. The summed E-state index contributed by atoms with van der Waals surface area (Å²) in [7, 11) is 0. The average Bonchev–Trinajstić information content (AvgIpc) is 3.35. The lowest BCUT2D eigenvalue weighted by Crippen LogP contribution is -2.35. The number of benzene rings is 1. The summed E-state index contributed by atoms with van der Waals surface area (Å²) in [6.45, 7) is 6.18. The Hall–Kier alpha value is -2.93. The van der Waals surface area contributed by atoms with Crippen molar-refractivity contribution in [1.29, 1.82) is 5.41 Å². The maximum atomic E-state index is 12.9. The van der Waals surface area contributed by atoms with Gasteiger partial charge in [-0.15, -0.1) is 0 Å². The van der Waals surface area contributed by atoms with Crippen molar-refractivity contribution in [2.45, 2.75) is 65.7 Å². The quantitative estimate of drug-likeness (QED) is 0.512. The lowest BCUT2D eigenvalue weighted by atomic mass is 9.86. The van der Waals surface area contributed by atoms with Gasteiger partial charge in [0.1, 0.15) is 5.04 Å². The van der Waals surface area contributed by atoms with Crippen LogP contribution in [-0.4, -0.2) is 31.5 Å². The molecule has 0 saturated heterocycles. The molecule has 0 spiro atoms. The molecule has 0 unspecified atom stereocenters. The molecule has 0 atom stereocenters. The van der Waals surface area contributed by atoms with Gasteiger partial charge in [0.15, 0.2) is 5.84 Å². The van der Waals surface area contributed by atoms with Crippen LogP contribution in [0.3, 0.4) is 0 Å². The first kappa shape index (κ1) is 22.8. The summed E-state index contributed by atoms with van der Waals surface area (Å²) >= 11 is 1.44. The number of aliphatic imine (C=N–C) groups is 1. The van der Waals surface area contributed by atoms with Crippen LogP contribution in [0.5, 0.6) is 0 Å². The van der Waals surface area contributed by atoms with Gasteiger partial charge in [-0.25, -0.2) is 0 Å². The largest absolute Gasteiger partial charge is 0.318 e. The van der Waals surface area contributed by atoms with Crippen LogP contribution < -0.4 is 0 Å². The van der Waals surface area contributed by atoms with Gasteiger partial charge < -0.3 is 4.57 Å². The second-order valence-corrected chi connectivity index (χ2v) is 10.6. The number of nitrogens with zero attached hydrogens (tertiary/aromatic N) is 4. The molecule has 1 aromatic heterocycles. The minimum absolute atomic E-state index is 0.107. The zero-order valence-electron chi connectivity index (χ0n) is 20.1. The van der Waals surface area contributed by atoms with Crippen molar-refractivity contribution in [2.24, 2.45) is 16.0 Å². The number of aryl methyl sites for hydroxylation is 2. The molecule has 0 radical (unpaired) electrons. The molecule has 1 aromatic carbocycles. The van der Waals surface area contributed by atoms with Gasteiger partial charge in [-0.1, -0.05) is 44.2 Å². The molecule has 0 bridgehead atoms. The molecule has 7 heteroatoms. The molecule has 1 aliphatic carbocycles. The number of nitrogens with one attached hydrogen (secondary N) is 1. The van der Waals surface area contributed by atoms with Crippen LogP contribution in [0, 0.1) is 32.1 Å². The number of hydrogen-bond acceptors (Lipinski definition) is 4. The van der Waals surface area contributed by atoms with Gasteiger partial charge in [0.25, 0.3) is 5.91 Å². The number of rotatable bonds is 5. The molecule has 1 fully saturated rings. The lowest BCUT2D eigenvalue weighted by Gasteiger charge is -2.20. The average molecular weight is 474 g/mol. The molecule has 6 nitrogen and oxygen atoms in total. The van der Waals surface area contributed by atoms with Crippen LogP contribution in [0.1, 0.15) is 67.5 Å². The number of hydrogen-bond donors (Lipinski definition) is 1. The molecule has 176 valence electrons. The Morgan fingerprint density at radius 2 is 1.94 bits per heavy atom. The minimum atomic E-state index is -0.368. The van der Waals surface area contributed by atoms with Crippen molar-refractivity contribution >= 4 is 39.8 Å². The van der Waals surface area contributed by atoms with E-state index < -0.39 is 0 Å². The van der Waals surface area contributed by atoms with E-state index in [1.54, 1.807) is 6.08 Å². The first-order valence-corrected chi connectivity index (χ1v) is 13.0. The van der Waals surface area contributed by atoms with Crippen molar-refractivity contribution in [3.63, 3.8) is 0 Å². The molecule has 1 amide bonds. The zero-order chi connectivity index (χ0) is 23.8. The Kier molecular flexibility index (Phi) is 6.30. The number of thioether (sulfide) groups is 1. The third-order valence-corrected chi connectivity index (χ3v) is 7.99. The topological polar surface area (TPSA) is 73.8 Å². The predicted molar refractivity (Wildman–Crippen MR) is 141 cm³/mol. The second-order valence-electron chi connectivity index (χ2n) is 9.56. The van der Waals surface area contributed by atoms with Gasteiger partial charge >= 0.3 is 0 Å². The van der Waals surface area contributed by atoms with Gasteiger partial charge in [-0.05, 0) is 86.7 Å². The molecular formula is C27H31N5OS. The van der Waals surface area contributed by atoms with Crippen molar-refractivity contribution in [3.8, 4) is 5.69 Å². The number of fused-ring (bicyclic) bond motifs is 1. The molecule has 2 aromatic rings. The fourth-order valence-electron chi connectivity index (χ4n) is 5.19. The van der Waals surface area contributed by atoms with Crippen molar-refractivity contribution in [3.05, 3.63) is 58.4 Å². The van der Waals surface area contributed by atoms with E-state index >= 15 is 0 Å². The number of amides is 1. The Balaban J connectivity index is 1.38. The van der Waals surface area contributed by atoms with Crippen LogP contribution in [0.2, 0.25) is 0 Å². The van der Waals surface area contributed by atoms with Crippen molar-refractivity contribution in [2.75, 3.05) is 0 Å². The van der Waals surface area contributed by atoms with E-state index in [0.717, 1.165) is 46.4 Å². The van der Waals surface area contributed by atoms with E-state index in [1.165, 1.54) is 54.4 Å². The fraction of sp³-hybridized carbons (Fsp3) is 0.407. The number of hydrazone groups is 1.